The van der Waals surface area contributed by atoms with Crippen LogP contribution in [0.3, 0.4) is 0 Å². The predicted molar refractivity (Wildman–Crippen MR) is 26.4 cm³/mol. The van der Waals surface area contributed by atoms with E-state index in [9.17, 15) is 0 Å². The monoisotopic (exact) mass is 100 g/mol. The fourth-order valence-corrected chi connectivity index (χ4v) is 0.143. The van der Waals surface area contributed by atoms with E-state index in [1.54, 1.807) is 0 Å². The van der Waals surface area contributed by atoms with Gasteiger partial charge in [0.05, 0.1) is 13.7 Å². The number of ether oxygens (including phenoxy) is 2. The largest absolute Gasteiger partial charge is 0.448 e. The summed E-state index contributed by atoms with van der Waals surface area (Å²) in [5.41, 5.74) is 0. The van der Waals surface area contributed by atoms with Gasteiger partial charge in [-0.1, -0.05) is 0 Å². The zero-order valence-corrected chi connectivity index (χ0v) is 4.52. The van der Waals surface area contributed by atoms with E-state index in [2.05, 4.69) is 21.7 Å². The van der Waals surface area contributed by atoms with Gasteiger partial charge in [0.25, 0.3) is 0 Å². The van der Waals surface area contributed by atoms with E-state index in [0.29, 0.717) is 6.61 Å². The molecule has 0 aromatic carbocycles. The number of methoxy groups -OCH3 is 1. The molecule has 0 rings (SSSR count). The Morgan fingerprint density at radius 3 is 2.57 bits per heavy atom. The maximum atomic E-state index is 4.59. The Morgan fingerprint density at radius 2 is 2.14 bits per heavy atom. The Bertz CT molecular complexity index is 77.8. The van der Waals surface area contributed by atoms with Crippen molar-refractivity contribution in [3.05, 3.63) is 0 Å². The van der Waals surface area contributed by atoms with Crippen molar-refractivity contribution >= 4 is 0 Å². The van der Waals surface area contributed by atoms with Crippen LogP contribution in [0.15, 0.2) is 0 Å². The summed E-state index contributed by atoms with van der Waals surface area (Å²) < 4.78 is 8.95. The highest BCUT2D eigenvalue weighted by atomic mass is 16.5. The van der Waals surface area contributed by atoms with Crippen LogP contribution in [0.5, 0.6) is 0 Å². The van der Waals surface area contributed by atoms with Crippen LogP contribution in [0.4, 0.5) is 0 Å². The van der Waals surface area contributed by atoms with Gasteiger partial charge in [-0.3, -0.25) is 0 Å². The fraction of sp³-hybridized carbons (Fsp3) is 0.600. The smallest absolute Gasteiger partial charge is 0.154 e. The van der Waals surface area contributed by atoms with Gasteiger partial charge >= 0.3 is 0 Å². The summed E-state index contributed by atoms with van der Waals surface area (Å²) in [6, 6.07) is 0. The molecule has 0 fully saturated rings. The SMILES string of the molecule is CCOC#COC. The number of hydrogen-bond donors (Lipinski definition) is 0. The Hall–Kier alpha value is -0.840. The van der Waals surface area contributed by atoms with Gasteiger partial charge in [0.2, 0.25) is 0 Å². The summed E-state index contributed by atoms with van der Waals surface area (Å²) in [6.45, 7) is 2.47. The van der Waals surface area contributed by atoms with Gasteiger partial charge in [-0.15, -0.1) is 0 Å². The summed E-state index contributed by atoms with van der Waals surface area (Å²) >= 11 is 0. The van der Waals surface area contributed by atoms with Gasteiger partial charge in [-0.2, -0.15) is 0 Å². The van der Waals surface area contributed by atoms with Crippen molar-refractivity contribution in [1.29, 1.82) is 0 Å². The highest BCUT2D eigenvalue weighted by Crippen LogP contribution is 1.63. The summed E-state index contributed by atoms with van der Waals surface area (Å²) in [6.07, 6.45) is 4.59. The molecule has 2 heteroatoms. The molecule has 0 aliphatic carbocycles. The van der Waals surface area contributed by atoms with Crippen molar-refractivity contribution in [2.45, 2.75) is 6.92 Å². The first-order valence-electron chi connectivity index (χ1n) is 2.06. The molecule has 0 atom stereocenters. The molecular weight excluding hydrogens is 92.1 g/mol. The molecule has 0 spiro atoms. The molecule has 0 saturated heterocycles. The molecule has 0 aliphatic heterocycles. The van der Waals surface area contributed by atoms with E-state index < -0.39 is 0 Å². The zero-order valence-electron chi connectivity index (χ0n) is 4.52. The van der Waals surface area contributed by atoms with Crippen molar-refractivity contribution in [3.63, 3.8) is 0 Å². The van der Waals surface area contributed by atoms with E-state index in [0.717, 1.165) is 0 Å². The summed E-state index contributed by atoms with van der Waals surface area (Å²) in [4.78, 5) is 0. The molecule has 0 heterocycles. The molecular formula is C5H8O2. The van der Waals surface area contributed by atoms with Crippen LogP contribution < -0.4 is 0 Å². The predicted octanol–water partition coefficient (Wildman–Crippen LogP) is 0.588. The molecule has 0 bridgehead atoms. The third kappa shape index (κ3) is 5.16. The zero-order chi connectivity index (χ0) is 5.54. The maximum absolute atomic E-state index is 4.59. The highest BCUT2D eigenvalue weighted by molar-refractivity contribution is 4.79. The van der Waals surface area contributed by atoms with Gasteiger partial charge in [-0.05, 0) is 6.92 Å². The second-order valence-electron chi connectivity index (χ2n) is 0.841. The Labute approximate surface area is 43.4 Å². The van der Waals surface area contributed by atoms with Crippen LogP contribution in [0.1, 0.15) is 6.92 Å². The highest BCUT2D eigenvalue weighted by Gasteiger charge is 1.62. The standard InChI is InChI=1S/C5H8O2/c1-3-7-5-4-6-2/h3H2,1-2H3. The minimum Gasteiger partial charge on any atom is -0.448 e. The summed E-state index contributed by atoms with van der Waals surface area (Å²) in [5, 5.41) is 0. The molecule has 0 aromatic rings. The average molecular weight is 100 g/mol. The lowest BCUT2D eigenvalue weighted by atomic mass is 10.9. The second-order valence-corrected chi connectivity index (χ2v) is 0.841. The molecule has 7 heavy (non-hydrogen) atoms. The van der Waals surface area contributed by atoms with Gasteiger partial charge in [0.15, 0.2) is 12.2 Å². The topological polar surface area (TPSA) is 18.5 Å². The van der Waals surface area contributed by atoms with Crippen LogP contribution >= 0.6 is 0 Å². The van der Waals surface area contributed by atoms with Crippen molar-refractivity contribution in [1.82, 2.24) is 0 Å². The normalized spacial score (nSPS) is 6.00. The van der Waals surface area contributed by atoms with Gasteiger partial charge in [0.1, 0.15) is 0 Å². The van der Waals surface area contributed by atoms with Gasteiger partial charge in [-0.25, -0.2) is 0 Å². The number of rotatable bonds is 1. The second kappa shape index (κ2) is 5.16. The molecule has 40 valence electrons. The summed E-state index contributed by atoms with van der Waals surface area (Å²) in [7, 11) is 1.49. The van der Waals surface area contributed by atoms with Crippen LogP contribution in [0, 0.1) is 12.2 Å². The van der Waals surface area contributed by atoms with E-state index in [4.69, 9.17) is 0 Å². The lowest BCUT2D eigenvalue weighted by molar-refractivity contribution is 0.286. The quantitative estimate of drug-likeness (QED) is 0.449. The molecule has 2 nitrogen and oxygen atoms in total. The van der Waals surface area contributed by atoms with Crippen LogP contribution in [0.2, 0.25) is 0 Å². The van der Waals surface area contributed by atoms with E-state index >= 15 is 0 Å². The van der Waals surface area contributed by atoms with Crippen molar-refractivity contribution in [3.8, 4) is 12.2 Å². The number of hydrogen-bond acceptors (Lipinski definition) is 2. The molecule has 0 saturated carbocycles. The van der Waals surface area contributed by atoms with Gasteiger partial charge in [0, 0.05) is 0 Å². The van der Waals surface area contributed by atoms with E-state index in [-0.39, 0.29) is 0 Å². The molecule has 0 radical (unpaired) electrons. The average Bonchev–Trinajstić information content (AvgIpc) is 1.69. The maximum Gasteiger partial charge on any atom is 0.154 e. The lowest BCUT2D eigenvalue weighted by Crippen LogP contribution is -1.76. The van der Waals surface area contributed by atoms with Crippen molar-refractivity contribution in [2.24, 2.45) is 0 Å². The Morgan fingerprint density at radius 1 is 1.43 bits per heavy atom. The molecule has 0 amide bonds. The molecule has 0 unspecified atom stereocenters. The Balaban J connectivity index is 2.91. The molecule has 0 aliphatic rings. The van der Waals surface area contributed by atoms with Crippen LogP contribution in [-0.4, -0.2) is 13.7 Å². The van der Waals surface area contributed by atoms with Crippen molar-refractivity contribution < 1.29 is 9.47 Å². The van der Waals surface area contributed by atoms with Crippen LogP contribution in [-0.2, 0) is 9.47 Å². The summed E-state index contributed by atoms with van der Waals surface area (Å²) in [5.74, 6) is 0. The van der Waals surface area contributed by atoms with E-state index in [1.807, 2.05) is 6.92 Å². The van der Waals surface area contributed by atoms with E-state index in [1.165, 1.54) is 7.11 Å². The molecule has 0 N–H and O–H groups in total. The Kier molecular flexibility index (Phi) is 4.54. The first-order chi connectivity index (χ1) is 3.41. The third-order valence-electron chi connectivity index (χ3n) is 0.360. The fourth-order valence-electron chi connectivity index (χ4n) is 0.143. The van der Waals surface area contributed by atoms with Crippen molar-refractivity contribution in [2.75, 3.05) is 13.7 Å². The first kappa shape index (κ1) is 6.16. The first-order valence-corrected chi connectivity index (χ1v) is 2.06. The lowest BCUT2D eigenvalue weighted by Gasteiger charge is -1.82. The van der Waals surface area contributed by atoms with Gasteiger partial charge < -0.3 is 9.47 Å². The van der Waals surface area contributed by atoms with Crippen LogP contribution in [0.25, 0.3) is 0 Å². The molecule has 0 aromatic heterocycles. The minimum absolute atomic E-state index is 0.608. The minimum atomic E-state index is 0.608. The third-order valence-corrected chi connectivity index (χ3v) is 0.360.